The summed E-state index contributed by atoms with van der Waals surface area (Å²) in [5, 5.41) is 10.4. The quantitative estimate of drug-likeness (QED) is 0.729. The molecule has 0 aromatic heterocycles. The molecule has 2 nitrogen and oxygen atoms in total. The van der Waals surface area contributed by atoms with Crippen molar-refractivity contribution in [2.45, 2.75) is 70.5 Å². The molecule has 0 aromatic carbocycles. The molecule has 0 aromatic rings. The lowest BCUT2D eigenvalue weighted by atomic mass is 9.82. The Morgan fingerprint density at radius 3 is 2.20 bits per heavy atom. The molecule has 1 aliphatic rings. The predicted molar refractivity (Wildman–Crippen MR) is 62.9 cm³/mol. The standard InChI is InChI=1S/C13H26O2/c1-4-13(2,15-3)12(14)11-9-7-5-6-8-10-11/h11-12,14H,4-10H2,1-3H3. The molecular formula is C13H26O2. The van der Waals surface area contributed by atoms with Gasteiger partial charge in [0.15, 0.2) is 0 Å². The van der Waals surface area contributed by atoms with Gasteiger partial charge in [0.1, 0.15) is 0 Å². The third-order valence-electron chi connectivity index (χ3n) is 4.14. The summed E-state index contributed by atoms with van der Waals surface area (Å²) in [4.78, 5) is 0. The van der Waals surface area contributed by atoms with Gasteiger partial charge in [-0.3, -0.25) is 0 Å². The van der Waals surface area contributed by atoms with Gasteiger partial charge in [-0.25, -0.2) is 0 Å². The number of aliphatic hydroxyl groups is 1. The lowest BCUT2D eigenvalue weighted by molar-refractivity contribution is -0.117. The molecule has 0 aliphatic heterocycles. The largest absolute Gasteiger partial charge is 0.390 e. The number of aliphatic hydroxyl groups excluding tert-OH is 1. The van der Waals surface area contributed by atoms with Crippen LogP contribution in [0.1, 0.15) is 58.8 Å². The Hall–Kier alpha value is -0.0800. The molecule has 15 heavy (non-hydrogen) atoms. The monoisotopic (exact) mass is 214 g/mol. The molecular weight excluding hydrogens is 188 g/mol. The summed E-state index contributed by atoms with van der Waals surface area (Å²) in [7, 11) is 1.71. The zero-order valence-electron chi connectivity index (χ0n) is 10.5. The second kappa shape index (κ2) is 5.86. The van der Waals surface area contributed by atoms with Crippen LogP contribution in [0.25, 0.3) is 0 Å². The van der Waals surface area contributed by atoms with Gasteiger partial charge >= 0.3 is 0 Å². The molecule has 0 spiro atoms. The van der Waals surface area contributed by atoms with Crippen molar-refractivity contribution in [3.8, 4) is 0 Å². The second-order valence-corrected chi connectivity index (χ2v) is 5.07. The average molecular weight is 214 g/mol. The Kier molecular flexibility index (Phi) is 5.07. The van der Waals surface area contributed by atoms with Gasteiger partial charge in [0, 0.05) is 7.11 Å². The molecule has 1 saturated carbocycles. The van der Waals surface area contributed by atoms with Crippen molar-refractivity contribution in [2.75, 3.05) is 7.11 Å². The number of hydrogen-bond donors (Lipinski definition) is 1. The molecule has 2 heteroatoms. The van der Waals surface area contributed by atoms with Crippen LogP contribution in [0.2, 0.25) is 0 Å². The van der Waals surface area contributed by atoms with Crippen LogP contribution in [-0.2, 0) is 4.74 Å². The Morgan fingerprint density at radius 2 is 1.80 bits per heavy atom. The van der Waals surface area contributed by atoms with Gasteiger partial charge in [0.2, 0.25) is 0 Å². The van der Waals surface area contributed by atoms with E-state index in [1.165, 1.54) is 38.5 Å². The molecule has 0 saturated heterocycles. The summed E-state index contributed by atoms with van der Waals surface area (Å²) in [6.07, 6.45) is 8.11. The van der Waals surface area contributed by atoms with Crippen molar-refractivity contribution in [1.82, 2.24) is 0 Å². The third-order valence-corrected chi connectivity index (χ3v) is 4.14. The van der Waals surface area contributed by atoms with E-state index in [1.54, 1.807) is 7.11 Å². The van der Waals surface area contributed by atoms with Gasteiger partial charge < -0.3 is 9.84 Å². The van der Waals surface area contributed by atoms with Crippen LogP contribution < -0.4 is 0 Å². The first-order valence-electron chi connectivity index (χ1n) is 6.37. The minimum atomic E-state index is -0.352. The Labute approximate surface area is 94.0 Å². The SMILES string of the molecule is CCC(C)(OC)C(O)C1CCCCCC1. The van der Waals surface area contributed by atoms with E-state index in [1.807, 2.05) is 6.92 Å². The lowest BCUT2D eigenvalue weighted by Crippen LogP contribution is -2.45. The lowest BCUT2D eigenvalue weighted by Gasteiger charge is -2.37. The van der Waals surface area contributed by atoms with Crippen LogP contribution in [-0.4, -0.2) is 23.9 Å². The zero-order valence-corrected chi connectivity index (χ0v) is 10.5. The second-order valence-electron chi connectivity index (χ2n) is 5.07. The normalized spacial score (nSPS) is 25.6. The summed E-state index contributed by atoms with van der Waals surface area (Å²) in [5.41, 5.74) is -0.352. The molecule has 1 aliphatic carbocycles. The summed E-state index contributed by atoms with van der Waals surface area (Å²) in [5.74, 6) is 0.442. The molecule has 0 bridgehead atoms. The van der Waals surface area contributed by atoms with E-state index in [9.17, 15) is 5.11 Å². The fourth-order valence-electron chi connectivity index (χ4n) is 2.60. The topological polar surface area (TPSA) is 29.5 Å². The Morgan fingerprint density at radius 1 is 1.27 bits per heavy atom. The summed E-state index contributed by atoms with van der Waals surface area (Å²) in [6.45, 7) is 4.12. The van der Waals surface area contributed by atoms with E-state index in [-0.39, 0.29) is 11.7 Å². The van der Waals surface area contributed by atoms with Crippen molar-refractivity contribution < 1.29 is 9.84 Å². The van der Waals surface area contributed by atoms with Crippen molar-refractivity contribution in [3.63, 3.8) is 0 Å². The molecule has 0 amide bonds. The van der Waals surface area contributed by atoms with Crippen LogP contribution in [0.15, 0.2) is 0 Å². The van der Waals surface area contributed by atoms with Gasteiger partial charge in [-0.15, -0.1) is 0 Å². The van der Waals surface area contributed by atoms with Crippen LogP contribution in [0, 0.1) is 5.92 Å². The minimum Gasteiger partial charge on any atom is -0.390 e. The van der Waals surface area contributed by atoms with Crippen molar-refractivity contribution in [2.24, 2.45) is 5.92 Å². The molecule has 90 valence electrons. The van der Waals surface area contributed by atoms with E-state index in [4.69, 9.17) is 4.74 Å². The highest BCUT2D eigenvalue weighted by Gasteiger charge is 2.36. The summed E-state index contributed by atoms with van der Waals surface area (Å²) < 4.78 is 5.49. The van der Waals surface area contributed by atoms with Gasteiger partial charge in [0.25, 0.3) is 0 Å². The smallest absolute Gasteiger partial charge is 0.0908 e. The highest BCUT2D eigenvalue weighted by atomic mass is 16.5. The average Bonchev–Trinajstić information content (AvgIpc) is 2.55. The van der Waals surface area contributed by atoms with Crippen molar-refractivity contribution in [1.29, 1.82) is 0 Å². The molecule has 2 atom stereocenters. The van der Waals surface area contributed by atoms with E-state index in [0.29, 0.717) is 5.92 Å². The van der Waals surface area contributed by atoms with Crippen molar-refractivity contribution >= 4 is 0 Å². The highest BCUT2D eigenvalue weighted by molar-refractivity contribution is 4.87. The maximum Gasteiger partial charge on any atom is 0.0908 e. The van der Waals surface area contributed by atoms with Gasteiger partial charge in [-0.05, 0) is 32.1 Å². The van der Waals surface area contributed by atoms with Crippen LogP contribution >= 0.6 is 0 Å². The number of ether oxygens (including phenoxy) is 1. The Balaban J connectivity index is 2.59. The number of hydrogen-bond acceptors (Lipinski definition) is 2. The maximum absolute atomic E-state index is 10.4. The van der Waals surface area contributed by atoms with Gasteiger partial charge in [0.05, 0.1) is 11.7 Å². The maximum atomic E-state index is 10.4. The first-order chi connectivity index (χ1) is 7.14. The van der Waals surface area contributed by atoms with Gasteiger partial charge in [-0.2, -0.15) is 0 Å². The molecule has 1 N–H and O–H groups in total. The van der Waals surface area contributed by atoms with E-state index in [2.05, 4.69) is 6.92 Å². The van der Waals surface area contributed by atoms with Crippen molar-refractivity contribution in [3.05, 3.63) is 0 Å². The van der Waals surface area contributed by atoms with E-state index < -0.39 is 0 Å². The third kappa shape index (κ3) is 3.18. The van der Waals surface area contributed by atoms with E-state index >= 15 is 0 Å². The molecule has 0 heterocycles. The van der Waals surface area contributed by atoms with Crippen LogP contribution in [0.5, 0.6) is 0 Å². The number of methoxy groups -OCH3 is 1. The first kappa shape index (κ1) is 13.0. The fraction of sp³-hybridized carbons (Fsp3) is 1.00. The molecule has 1 rings (SSSR count). The van der Waals surface area contributed by atoms with Crippen LogP contribution in [0.4, 0.5) is 0 Å². The van der Waals surface area contributed by atoms with Crippen LogP contribution in [0.3, 0.4) is 0 Å². The van der Waals surface area contributed by atoms with Gasteiger partial charge in [-0.1, -0.05) is 32.6 Å². The molecule has 1 fully saturated rings. The molecule has 2 unspecified atom stereocenters. The minimum absolute atomic E-state index is 0.300. The highest BCUT2D eigenvalue weighted by Crippen LogP contribution is 2.33. The Bertz CT molecular complexity index is 167. The summed E-state index contributed by atoms with van der Waals surface area (Å²) >= 11 is 0. The van der Waals surface area contributed by atoms with E-state index in [0.717, 1.165) is 6.42 Å². The molecule has 0 radical (unpaired) electrons. The summed E-state index contributed by atoms with van der Waals surface area (Å²) in [6, 6.07) is 0. The predicted octanol–water partition coefficient (Wildman–Crippen LogP) is 3.13. The fourth-order valence-corrected chi connectivity index (χ4v) is 2.60. The first-order valence-corrected chi connectivity index (χ1v) is 6.37. The number of rotatable bonds is 4. The zero-order chi connectivity index (χ0) is 11.3.